The second-order valence-corrected chi connectivity index (χ2v) is 5.99. The molecule has 6 heteroatoms. The molecule has 2 heterocycles. The van der Waals surface area contributed by atoms with Gasteiger partial charge in [-0.15, -0.1) is 11.3 Å². The number of hydrogen-bond donors (Lipinski definition) is 1. The van der Waals surface area contributed by atoms with Crippen LogP contribution in [0.4, 0.5) is 0 Å². The van der Waals surface area contributed by atoms with Crippen LogP contribution in [0, 0.1) is 0 Å². The molecule has 1 aromatic heterocycles. The molecule has 2 aromatic rings. The van der Waals surface area contributed by atoms with Gasteiger partial charge in [0.2, 0.25) is 11.8 Å². The van der Waals surface area contributed by atoms with E-state index in [2.05, 4.69) is 10.3 Å². The van der Waals surface area contributed by atoms with Gasteiger partial charge >= 0.3 is 0 Å². The fraction of sp³-hybridized carbons (Fsp3) is 0.357. The first-order chi connectivity index (χ1) is 9.63. The minimum absolute atomic E-state index is 0.0462. The lowest BCUT2D eigenvalue weighted by Crippen LogP contribution is -2.42. The molecule has 2 amide bonds. The first-order valence-corrected chi connectivity index (χ1v) is 7.38. The van der Waals surface area contributed by atoms with E-state index in [4.69, 9.17) is 0 Å². The highest BCUT2D eigenvalue weighted by atomic mass is 32.1. The van der Waals surface area contributed by atoms with E-state index >= 15 is 0 Å². The molecule has 20 heavy (non-hydrogen) atoms. The van der Waals surface area contributed by atoms with Crippen LogP contribution in [-0.4, -0.2) is 34.3 Å². The number of amides is 2. The van der Waals surface area contributed by atoms with Crippen LogP contribution >= 0.6 is 11.3 Å². The van der Waals surface area contributed by atoms with Crippen LogP contribution in [0.2, 0.25) is 0 Å². The van der Waals surface area contributed by atoms with Gasteiger partial charge in [-0.1, -0.05) is 12.1 Å². The fourth-order valence-electron chi connectivity index (χ4n) is 2.30. The Labute approximate surface area is 120 Å². The van der Waals surface area contributed by atoms with Gasteiger partial charge < -0.3 is 10.2 Å². The Morgan fingerprint density at radius 1 is 1.40 bits per heavy atom. The standard InChI is InChI=1S/C14H15N3O2S/c1-9-14(19)17(7-6-12(18)15-9)8-13-16-10-4-2-3-5-11(10)20-13/h2-5,9H,6-8H2,1H3,(H,15,18). The average molecular weight is 289 g/mol. The summed E-state index contributed by atoms with van der Waals surface area (Å²) < 4.78 is 1.12. The van der Waals surface area contributed by atoms with Crippen molar-refractivity contribution < 1.29 is 9.59 Å². The topological polar surface area (TPSA) is 62.3 Å². The van der Waals surface area contributed by atoms with Crippen LogP contribution in [0.3, 0.4) is 0 Å². The molecular weight excluding hydrogens is 274 g/mol. The molecule has 3 rings (SSSR count). The molecule has 0 spiro atoms. The Morgan fingerprint density at radius 3 is 3.00 bits per heavy atom. The molecule has 104 valence electrons. The Kier molecular flexibility index (Phi) is 3.40. The Bertz CT molecular complexity index is 634. The Morgan fingerprint density at radius 2 is 2.20 bits per heavy atom. The lowest BCUT2D eigenvalue weighted by atomic mass is 10.3. The van der Waals surface area contributed by atoms with Crippen LogP contribution in [0.15, 0.2) is 24.3 Å². The van der Waals surface area contributed by atoms with E-state index in [0.29, 0.717) is 19.5 Å². The van der Waals surface area contributed by atoms with Gasteiger partial charge in [0.05, 0.1) is 16.8 Å². The van der Waals surface area contributed by atoms with Crippen molar-refractivity contribution in [3.05, 3.63) is 29.3 Å². The molecule has 1 fully saturated rings. The van der Waals surface area contributed by atoms with E-state index in [1.807, 2.05) is 24.3 Å². The molecule has 1 atom stereocenters. The molecule has 1 aliphatic rings. The minimum Gasteiger partial charge on any atom is -0.345 e. The first-order valence-electron chi connectivity index (χ1n) is 6.56. The highest BCUT2D eigenvalue weighted by molar-refractivity contribution is 7.18. The molecule has 0 bridgehead atoms. The number of nitrogens with zero attached hydrogens (tertiary/aromatic N) is 2. The van der Waals surface area contributed by atoms with Gasteiger partial charge in [0.25, 0.3) is 0 Å². The lowest BCUT2D eigenvalue weighted by Gasteiger charge is -2.20. The van der Waals surface area contributed by atoms with Crippen molar-refractivity contribution in [3.8, 4) is 0 Å². The second kappa shape index (κ2) is 5.20. The minimum atomic E-state index is -0.459. The summed E-state index contributed by atoms with van der Waals surface area (Å²) in [5.41, 5.74) is 0.956. The van der Waals surface area contributed by atoms with E-state index in [9.17, 15) is 9.59 Å². The number of nitrogens with one attached hydrogen (secondary N) is 1. The van der Waals surface area contributed by atoms with Crippen molar-refractivity contribution in [1.29, 1.82) is 0 Å². The number of fused-ring (bicyclic) bond motifs is 1. The summed E-state index contributed by atoms with van der Waals surface area (Å²) in [6.45, 7) is 2.64. The zero-order chi connectivity index (χ0) is 14.1. The zero-order valence-electron chi connectivity index (χ0n) is 11.1. The van der Waals surface area contributed by atoms with E-state index in [1.165, 1.54) is 0 Å². The number of thiazole rings is 1. The van der Waals surface area contributed by atoms with Gasteiger partial charge in [0, 0.05) is 13.0 Å². The first kappa shape index (κ1) is 13.1. The van der Waals surface area contributed by atoms with E-state index in [1.54, 1.807) is 23.2 Å². The quantitative estimate of drug-likeness (QED) is 0.912. The highest BCUT2D eigenvalue weighted by Crippen LogP contribution is 2.23. The largest absolute Gasteiger partial charge is 0.345 e. The summed E-state index contributed by atoms with van der Waals surface area (Å²) in [4.78, 5) is 29.9. The molecule has 1 aromatic carbocycles. The van der Waals surface area contributed by atoms with Crippen LogP contribution in [0.1, 0.15) is 18.4 Å². The van der Waals surface area contributed by atoms with E-state index < -0.39 is 6.04 Å². The lowest BCUT2D eigenvalue weighted by molar-refractivity contribution is -0.133. The van der Waals surface area contributed by atoms with Crippen molar-refractivity contribution in [1.82, 2.24) is 15.2 Å². The number of benzene rings is 1. The van der Waals surface area contributed by atoms with Crippen LogP contribution < -0.4 is 5.32 Å². The van der Waals surface area contributed by atoms with Crippen LogP contribution in [-0.2, 0) is 16.1 Å². The maximum atomic E-state index is 12.2. The summed E-state index contributed by atoms with van der Waals surface area (Å²) >= 11 is 1.59. The third-order valence-corrected chi connectivity index (χ3v) is 4.35. The molecule has 1 unspecified atom stereocenters. The predicted molar refractivity (Wildman–Crippen MR) is 77.3 cm³/mol. The molecule has 1 saturated heterocycles. The molecule has 5 nitrogen and oxygen atoms in total. The molecule has 0 aliphatic carbocycles. The van der Waals surface area contributed by atoms with Gasteiger partial charge in [-0.3, -0.25) is 9.59 Å². The van der Waals surface area contributed by atoms with Crippen molar-refractivity contribution in [2.24, 2.45) is 0 Å². The summed E-state index contributed by atoms with van der Waals surface area (Å²) in [5.74, 6) is -0.118. The van der Waals surface area contributed by atoms with E-state index in [0.717, 1.165) is 15.2 Å². The number of hydrogen-bond acceptors (Lipinski definition) is 4. The SMILES string of the molecule is CC1NC(=O)CCN(Cc2nc3ccccc3s2)C1=O. The fourth-order valence-corrected chi connectivity index (χ4v) is 3.29. The number of carbonyl (C=O) groups is 2. The van der Waals surface area contributed by atoms with Crippen molar-refractivity contribution in [2.45, 2.75) is 25.9 Å². The average Bonchev–Trinajstić information content (AvgIpc) is 2.79. The number of carbonyl (C=O) groups excluding carboxylic acids is 2. The number of aromatic nitrogens is 1. The molecule has 0 saturated carbocycles. The summed E-state index contributed by atoms with van der Waals surface area (Å²) in [7, 11) is 0. The monoisotopic (exact) mass is 289 g/mol. The van der Waals surface area contributed by atoms with Gasteiger partial charge in [0.15, 0.2) is 0 Å². The van der Waals surface area contributed by atoms with Crippen LogP contribution in [0.5, 0.6) is 0 Å². The van der Waals surface area contributed by atoms with Gasteiger partial charge in [-0.25, -0.2) is 4.98 Å². The third-order valence-electron chi connectivity index (χ3n) is 3.33. The predicted octanol–water partition coefficient (Wildman–Crippen LogP) is 1.53. The Hall–Kier alpha value is -1.95. The number of para-hydroxylation sites is 1. The Balaban J connectivity index is 1.82. The summed E-state index contributed by atoms with van der Waals surface area (Å²) in [6, 6.07) is 7.46. The molecule has 1 N–H and O–H groups in total. The molecule has 1 aliphatic heterocycles. The maximum Gasteiger partial charge on any atom is 0.245 e. The van der Waals surface area contributed by atoms with Gasteiger partial charge in [-0.2, -0.15) is 0 Å². The summed E-state index contributed by atoms with van der Waals surface area (Å²) in [6.07, 6.45) is 0.348. The van der Waals surface area contributed by atoms with Crippen molar-refractivity contribution in [2.75, 3.05) is 6.54 Å². The maximum absolute atomic E-state index is 12.2. The molecule has 0 radical (unpaired) electrons. The van der Waals surface area contributed by atoms with Gasteiger partial charge in [0.1, 0.15) is 11.0 Å². The molecular formula is C14H15N3O2S. The second-order valence-electron chi connectivity index (χ2n) is 4.87. The summed E-state index contributed by atoms with van der Waals surface area (Å²) in [5, 5.41) is 3.59. The van der Waals surface area contributed by atoms with Gasteiger partial charge in [-0.05, 0) is 19.1 Å². The normalized spacial score (nSPS) is 20.1. The smallest absolute Gasteiger partial charge is 0.245 e. The van der Waals surface area contributed by atoms with Crippen molar-refractivity contribution >= 4 is 33.4 Å². The van der Waals surface area contributed by atoms with E-state index in [-0.39, 0.29) is 11.8 Å². The zero-order valence-corrected chi connectivity index (χ0v) is 11.9. The number of rotatable bonds is 2. The highest BCUT2D eigenvalue weighted by Gasteiger charge is 2.27. The third kappa shape index (κ3) is 2.51. The van der Waals surface area contributed by atoms with Crippen molar-refractivity contribution in [3.63, 3.8) is 0 Å². The van der Waals surface area contributed by atoms with Crippen LogP contribution in [0.25, 0.3) is 10.2 Å².